The molecular formula is C11H16FNO. The summed E-state index contributed by atoms with van der Waals surface area (Å²) in [6.07, 6.45) is 0. The second kappa shape index (κ2) is 4.53. The van der Waals surface area contributed by atoms with Crippen LogP contribution in [-0.2, 0) is 11.3 Å². The SMILES string of the molecule is CC(C)(CN)OCc1cccc(F)c1. The normalized spacial score (nSPS) is 11.7. The predicted octanol–water partition coefficient (Wildman–Crippen LogP) is 2.08. The molecule has 0 fully saturated rings. The number of hydrogen-bond acceptors (Lipinski definition) is 2. The molecule has 1 aromatic carbocycles. The number of hydrogen-bond donors (Lipinski definition) is 1. The third kappa shape index (κ3) is 3.44. The van der Waals surface area contributed by atoms with Crippen molar-refractivity contribution in [2.45, 2.75) is 26.1 Å². The molecule has 0 heterocycles. The van der Waals surface area contributed by atoms with Gasteiger partial charge in [-0.3, -0.25) is 0 Å². The first kappa shape index (κ1) is 11.1. The zero-order valence-electron chi connectivity index (χ0n) is 8.59. The second-order valence-corrected chi connectivity index (χ2v) is 3.88. The van der Waals surface area contributed by atoms with Gasteiger partial charge in [-0.25, -0.2) is 4.39 Å². The lowest BCUT2D eigenvalue weighted by Gasteiger charge is -2.23. The second-order valence-electron chi connectivity index (χ2n) is 3.88. The van der Waals surface area contributed by atoms with Gasteiger partial charge in [-0.05, 0) is 31.5 Å². The van der Waals surface area contributed by atoms with Crippen molar-refractivity contribution in [1.82, 2.24) is 0 Å². The maximum atomic E-state index is 12.8. The number of halogens is 1. The maximum Gasteiger partial charge on any atom is 0.123 e. The van der Waals surface area contributed by atoms with Gasteiger partial charge in [-0.1, -0.05) is 12.1 Å². The van der Waals surface area contributed by atoms with E-state index in [2.05, 4.69) is 0 Å². The van der Waals surface area contributed by atoms with E-state index in [0.29, 0.717) is 13.2 Å². The molecule has 0 spiro atoms. The van der Waals surface area contributed by atoms with E-state index in [9.17, 15) is 4.39 Å². The smallest absolute Gasteiger partial charge is 0.123 e. The molecule has 2 nitrogen and oxygen atoms in total. The van der Waals surface area contributed by atoms with Gasteiger partial charge in [0.05, 0.1) is 12.2 Å². The van der Waals surface area contributed by atoms with E-state index in [1.165, 1.54) is 12.1 Å². The Balaban J connectivity index is 2.54. The van der Waals surface area contributed by atoms with E-state index in [4.69, 9.17) is 10.5 Å². The van der Waals surface area contributed by atoms with Gasteiger partial charge in [0.2, 0.25) is 0 Å². The first-order valence-corrected chi connectivity index (χ1v) is 4.62. The van der Waals surface area contributed by atoms with Crippen LogP contribution < -0.4 is 5.73 Å². The Hall–Kier alpha value is -0.930. The molecule has 0 saturated carbocycles. The molecule has 0 amide bonds. The molecule has 1 aromatic rings. The van der Waals surface area contributed by atoms with Gasteiger partial charge >= 0.3 is 0 Å². The van der Waals surface area contributed by atoms with Crippen molar-refractivity contribution in [3.8, 4) is 0 Å². The Bertz CT molecular complexity index is 299. The van der Waals surface area contributed by atoms with Crippen molar-refractivity contribution < 1.29 is 9.13 Å². The highest BCUT2D eigenvalue weighted by atomic mass is 19.1. The number of nitrogens with two attached hydrogens (primary N) is 1. The van der Waals surface area contributed by atoms with Crippen molar-refractivity contribution >= 4 is 0 Å². The molecule has 0 bridgehead atoms. The highest BCUT2D eigenvalue weighted by Crippen LogP contribution is 2.12. The highest BCUT2D eigenvalue weighted by molar-refractivity contribution is 5.15. The third-order valence-electron chi connectivity index (χ3n) is 2.01. The van der Waals surface area contributed by atoms with Gasteiger partial charge in [0.25, 0.3) is 0 Å². The molecule has 2 N–H and O–H groups in total. The van der Waals surface area contributed by atoms with Crippen molar-refractivity contribution in [3.63, 3.8) is 0 Å². The van der Waals surface area contributed by atoms with Gasteiger partial charge in [0.1, 0.15) is 5.82 Å². The maximum absolute atomic E-state index is 12.8. The molecule has 0 atom stereocenters. The predicted molar refractivity (Wildman–Crippen MR) is 54.3 cm³/mol. The lowest BCUT2D eigenvalue weighted by atomic mass is 10.1. The summed E-state index contributed by atoms with van der Waals surface area (Å²) in [7, 11) is 0. The molecule has 0 aromatic heterocycles. The van der Waals surface area contributed by atoms with Crippen LogP contribution in [0.3, 0.4) is 0 Å². The minimum absolute atomic E-state index is 0.239. The number of benzene rings is 1. The zero-order valence-corrected chi connectivity index (χ0v) is 8.59. The average molecular weight is 197 g/mol. The average Bonchev–Trinajstić information content (AvgIpc) is 2.15. The topological polar surface area (TPSA) is 35.2 Å². The monoisotopic (exact) mass is 197 g/mol. The van der Waals surface area contributed by atoms with E-state index in [0.717, 1.165) is 5.56 Å². The van der Waals surface area contributed by atoms with Crippen molar-refractivity contribution in [3.05, 3.63) is 35.6 Å². The summed E-state index contributed by atoms with van der Waals surface area (Å²) in [6, 6.07) is 6.38. The molecule has 14 heavy (non-hydrogen) atoms. The molecule has 3 heteroatoms. The van der Waals surface area contributed by atoms with E-state index >= 15 is 0 Å². The highest BCUT2D eigenvalue weighted by Gasteiger charge is 2.15. The lowest BCUT2D eigenvalue weighted by Crippen LogP contribution is -2.33. The summed E-state index contributed by atoms with van der Waals surface area (Å²) in [5.41, 5.74) is 5.97. The fourth-order valence-corrected chi connectivity index (χ4v) is 0.964. The van der Waals surface area contributed by atoms with Gasteiger partial charge in [-0.15, -0.1) is 0 Å². The minimum Gasteiger partial charge on any atom is -0.370 e. The quantitative estimate of drug-likeness (QED) is 0.802. The molecule has 0 aliphatic carbocycles. The van der Waals surface area contributed by atoms with Crippen LogP contribution >= 0.6 is 0 Å². The molecular weight excluding hydrogens is 181 g/mol. The van der Waals surface area contributed by atoms with Crippen LogP contribution in [-0.4, -0.2) is 12.1 Å². The number of rotatable bonds is 4. The van der Waals surface area contributed by atoms with Crippen LogP contribution in [0.4, 0.5) is 4.39 Å². The Kier molecular flexibility index (Phi) is 3.61. The fourth-order valence-electron chi connectivity index (χ4n) is 0.964. The van der Waals surface area contributed by atoms with Crippen molar-refractivity contribution in [1.29, 1.82) is 0 Å². The molecule has 0 aliphatic rings. The Morgan fingerprint density at radius 3 is 2.71 bits per heavy atom. The van der Waals surface area contributed by atoms with Gasteiger partial charge < -0.3 is 10.5 Å². The van der Waals surface area contributed by atoms with Gasteiger partial charge in [0, 0.05) is 6.54 Å². The number of ether oxygens (including phenoxy) is 1. The van der Waals surface area contributed by atoms with Crippen molar-refractivity contribution in [2.75, 3.05) is 6.54 Å². The summed E-state index contributed by atoms with van der Waals surface area (Å²) < 4.78 is 18.3. The molecule has 1 rings (SSSR count). The lowest BCUT2D eigenvalue weighted by molar-refractivity contribution is -0.0222. The van der Waals surface area contributed by atoms with Crippen LogP contribution in [0.5, 0.6) is 0 Å². The van der Waals surface area contributed by atoms with Gasteiger partial charge in [-0.2, -0.15) is 0 Å². The van der Waals surface area contributed by atoms with Crippen LogP contribution in [0.1, 0.15) is 19.4 Å². The van der Waals surface area contributed by atoms with Crippen LogP contribution in [0.15, 0.2) is 24.3 Å². The summed E-state index contributed by atoms with van der Waals surface area (Å²) in [5, 5.41) is 0. The Labute approximate surface area is 83.9 Å². The van der Waals surface area contributed by atoms with Gasteiger partial charge in [0.15, 0.2) is 0 Å². The van der Waals surface area contributed by atoms with Crippen LogP contribution in [0.2, 0.25) is 0 Å². The molecule has 0 unspecified atom stereocenters. The first-order chi connectivity index (χ1) is 6.53. The molecule has 0 aliphatic heterocycles. The van der Waals surface area contributed by atoms with Crippen molar-refractivity contribution in [2.24, 2.45) is 5.73 Å². The third-order valence-corrected chi connectivity index (χ3v) is 2.01. The van der Waals surface area contributed by atoms with E-state index in [1.807, 2.05) is 19.9 Å². The molecule has 0 radical (unpaired) electrons. The van der Waals surface area contributed by atoms with E-state index < -0.39 is 0 Å². The largest absolute Gasteiger partial charge is 0.370 e. The van der Waals surface area contributed by atoms with E-state index in [-0.39, 0.29) is 11.4 Å². The Morgan fingerprint density at radius 2 is 2.14 bits per heavy atom. The summed E-state index contributed by atoms with van der Waals surface area (Å²) in [5.74, 6) is -0.239. The standard InChI is InChI=1S/C11H16FNO/c1-11(2,8-13)14-7-9-4-3-5-10(12)6-9/h3-6H,7-8,13H2,1-2H3. The molecule has 0 saturated heterocycles. The summed E-state index contributed by atoms with van der Waals surface area (Å²) in [6.45, 7) is 4.66. The fraction of sp³-hybridized carbons (Fsp3) is 0.455. The first-order valence-electron chi connectivity index (χ1n) is 4.62. The minimum atomic E-state index is -0.355. The summed E-state index contributed by atoms with van der Waals surface area (Å²) >= 11 is 0. The van der Waals surface area contributed by atoms with E-state index in [1.54, 1.807) is 6.07 Å². The summed E-state index contributed by atoms with van der Waals surface area (Å²) in [4.78, 5) is 0. The zero-order chi connectivity index (χ0) is 10.6. The Morgan fingerprint density at radius 1 is 1.43 bits per heavy atom. The van der Waals surface area contributed by atoms with Crippen LogP contribution in [0.25, 0.3) is 0 Å². The van der Waals surface area contributed by atoms with Crippen LogP contribution in [0, 0.1) is 5.82 Å². The molecule has 78 valence electrons.